The normalized spacial score (nSPS) is 11.1. The van der Waals surface area contributed by atoms with Crippen LogP contribution < -0.4 is 10.1 Å². The average Bonchev–Trinajstić information content (AvgIpc) is 2.54. The Morgan fingerprint density at radius 1 is 1.33 bits per heavy atom. The van der Waals surface area contributed by atoms with Crippen LogP contribution >= 0.6 is 11.6 Å². The van der Waals surface area contributed by atoms with E-state index in [0.717, 1.165) is 18.7 Å². The number of nitrogens with one attached hydrogen (secondary N) is 1. The second-order valence-corrected chi connectivity index (χ2v) is 6.02. The lowest BCUT2D eigenvalue weighted by Gasteiger charge is -2.22. The minimum Gasteiger partial charge on any atom is -0.492 e. The molecule has 1 aromatic carbocycles. The van der Waals surface area contributed by atoms with Crippen molar-refractivity contribution in [3.8, 4) is 5.75 Å². The van der Waals surface area contributed by atoms with Gasteiger partial charge in [0, 0.05) is 32.7 Å². The molecule has 7 heteroatoms. The highest BCUT2D eigenvalue weighted by Crippen LogP contribution is 2.16. The minimum absolute atomic E-state index is 0.0330. The molecule has 1 rings (SSSR count). The van der Waals surface area contributed by atoms with Crippen molar-refractivity contribution in [2.75, 3.05) is 47.4 Å². The van der Waals surface area contributed by atoms with Gasteiger partial charge >= 0.3 is 0 Å². The molecular formula is C17H27ClN4O2. The Bertz CT molecular complexity index is 549. The smallest absolute Gasteiger partial charge is 0.243 e. The zero-order chi connectivity index (χ0) is 17.9. The van der Waals surface area contributed by atoms with Gasteiger partial charge in [-0.05, 0) is 24.6 Å². The fourth-order valence-electron chi connectivity index (χ4n) is 1.80. The fraction of sp³-hybridized carbons (Fsp3) is 0.529. The number of rotatable bonds is 8. The van der Waals surface area contributed by atoms with E-state index in [2.05, 4.69) is 17.2 Å². The summed E-state index contributed by atoms with van der Waals surface area (Å²) in [6, 6.07) is 7.30. The van der Waals surface area contributed by atoms with Crippen molar-refractivity contribution in [2.24, 2.45) is 4.99 Å². The third-order valence-electron chi connectivity index (χ3n) is 3.25. The van der Waals surface area contributed by atoms with Crippen LogP contribution in [0.5, 0.6) is 5.75 Å². The van der Waals surface area contributed by atoms with Gasteiger partial charge in [-0.25, -0.2) is 4.99 Å². The first kappa shape index (κ1) is 20.1. The standard InChI is InChI=1S/C17H27ClN4O2/c1-5-9-19-17(20-13-16(23)21(2)3)22(4)10-11-24-15-8-6-7-14(18)12-15/h6-8,12H,5,9-11,13H2,1-4H3,(H,19,20). The number of likely N-dealkylation sites (N-methyl/N-ethyl adjacent to an activating group) is 2. The molecule has 1 amide bonds. The Hall–Kier alpha value is -1.95. The SMILES string of the molecule is CCCNC(=NCC(=O)N(C)C)N(C)CCOc1cccc(Cl)c1. The van der Waals surface area contributed by atoms with Crippen molar-refractivity contribution in [1.29, 1.82) is 0 Å². The fourth-order valence-corrected chi connectivity index (χ4v) is 1.98. The summed E-state index contributed by atoms with van der Waals surface area (Å²) in [5.41, 5.74) is 0. The first-order valence-corrected chi connectivity index (χ1v) is 8.39. The van der Waals surface area contributed by atoms with Crippen LogP contribution in [-0.4, -0.2) is 69.1 Å². The average molecular weight is 355 g/mol. The van der Waals surface area contributed by atoms with Crippen LogP contribution in [0.25, 0.3) is 0 Å². The highest BCUT2D eigenvalue weighted by atomic mass is 35.5. The van der Waals surface area contributed by atoms with Crippen molar-refractivity contribution in [2.45, 2.75) is 13.3 Å². The third-order valence-corrected chi connectivity index (χ3v) is 3.48. The lowest BCUT2D eigenvalue weighted by Crippen LogP contribution is -2.42. The number of halogens is 1. The number of carbonyl (C=O) groups excluding carboxylic acids is 1. The maximum absolute atomic E-state index is 11.7. The third kappa shape index (κ3) is 7.55. The van der Waals surface area contributed by atoms with Crippen LogP contribution in [0.1, 0.15) is 13.3 Å². The van der Waals surface area contributed by atoms with Gasteiger partial charge in [-0.3, -0.25) is 4.79 Å². The van der Waals surface area contributed by atoms with Gasteiger partial charge in [0.25, 0.3) is 0 Å². The van der Waals surface area contributed by atoms with Gasteiger partial charge in [0.1, 0.15) is 18.9 Å². The maximum atomic E-state index is 11.7. The number of benzene rings is 1. The number of aliphatic imine (C=N–C) groups is 1. The van der Waals surface area contributed by atoms with Crippen LogP contribution in [0.3, 0.4) is 0 Å². The molecule has 0 aliphatic carbocycles. The highest BCUT2D eigenvalue weighted by Gasteiger charge is 2.09. The van der Waals surface area contributed by atoms with Crippen molar-refractivity contribution in [1.82, 2.24) is 15.1 Å². The largest absolute Gasteiger partial charge is 0.492 e. The second kappa shape index (κ2) is 10.8. The van der Waals surface area contributed by atoms with Crippen molar-refractivity contribution >= 4 is 23.5 Å². The Morgan fingerprint density at radius 3 is 2.71 bits per heavy atom. The first-order chi connectivity index (χ1) is 11.4. The lowest BCUT2D eigenvalue weighted by atomic mass is 10.3. The molecule has 134 valence electrons. The van der Waals surface area contributed by atoms with Gasteiger partial charge in [0.15, 0.2) is 5.96 Å². The van der Waals surface area contributed by atoms with Gasteiger partial charge in [0.05, 0.1) is 6.54 Å². The number of nitrogens with zero attached hydrogens (tertiary/aromatic N) is 3. The Kier molecular flexibility index (Phi) is 9.01. The van der Waals surface area contributed by atoms with Crippen molar-refractivity contribution in [3.05, 3.63) is 29.3 Å². The van der Waals surface area contributed by atoms with Crippen LogP contribution in [0.2, 0.25) is 5.02 Å². The molecule has 6 nitrogen and oxygen atoms in total. The number of ether oxygens (including phenoxy) is 1. The molecule has 0 bridgehead atoms. The molecular weight excluding hydrogens is 328 g/mol. The Balaban J connectivity index is 2.55. The van der Waals surface area contributed by atoms with E-state index in [4.69, 9.17) is 16.3 Å². The summed E-state index contributed by atoms with van der Waals surface area (Å²) in [5, 5.41) is 3.90. The second-order valence-electron chi connectivity index (χ2n) is 5.58. The zero-order valence-corrected chi connectivity index (χ0v) is 15.6. The summed E-state index contributed by atoms with van der Waals surface area (Å²) in [6.45, 7) is 4.13. The molecule has 24 heavy (non-hydrogen) atoms. The molecule has 1 aromatic rings. The quantitative estimate of drug-likeness (QED) is 0.573. The van der Waals surface area contributed by atoms with Gasteiger partial charge in [-0.15, -0.1) is 0 Å². The molecule has 0 spiro atoms. The molecule has 0 heterocycles. The summed E-state index contributed by atoms with van der Waals surface area (Å²) in [6.07, 6.45) is 0.980. The van der Waals surface area contributed by atoms with E-state index in [9.17, 15) is 4.79 Å². The van der Waals surface area contributed by atoms with Crippen LogP contribution in [-0.2, 0) is 4.79 Å². The number of guanidine groups is 1. The van der Waals surface area contributed by atoms with Crippen LogP contribution in [0, 0.1) is 0 Å². The highest BCUT2D eigenvalue weighted by molar-refractivity contribution is 6.30. The minimum atomic E-state index is -0.0330. The summed E-state index contributed by atoms with van der Waals surface area (Å²) < 4.78 is 5.69. The summed E-state index contributed by atoms with van der Waals surface area (Å²) in [4.78, 5) is 19.6. The summed E-state index contributed by atoms with van der Waals surface area (Å²) in [7, 11) is 5.36. The molecule has 0 fully saturated rings. The Labute approximate surface area is 149 Å². The predicted molar refractivity (Wildman–Crippen MR) is 98.9 cm³/mol. The van der Waals surface area contributed by atoms with Crippen molar-refractivity contribution < 1.29 is 9.53 Å². The van der Waals surface area contributed by atoms with Gasteiger partial charge < -0.3 is 19.9 Å². The monoisotopic (exact) mass is 354 g/mol. The molecule has 0 saturated heterocycles. The van der Waals surface area contributed by atoms with E-state index in [1.54, 1.807) is 20.2 Å². The van der Waals surface area contributed by atoms with Gasteiger partial charge in [-0.2, -0.15) is 0 Å². The van der Waals surface area contributed by atoms with Crippen LogP contribution in [0.4, 0.5) is 0 Å². The number of carbonyl (C=O) groups is 1. The molecule has 0 saturated carbocycles. The maximum Gasteiger partial charge on any atom is 0.243 e. The lowest BCUT2D eigenvalue weighted by molar-refractivity contribution is -0.127. The van der Waals surface area contributed by atoms with Crippen molar-refractivity contribution in [3.63, 3.8) is 0 Å². The first-order valence-electron chi connectivity index (χ1n) is 8.02. The molecule has 0 atom stereocenters. The molecule has 1 N–H and O–H groups in total. The predicted octanol–water partition coefficient (Wildman–Crippen LogP) is 2.09. The molecule has 0 aliphatic heterocycles. The number of hydrogen-bond acceptors (Lipinski definition) is 3. The summed E-state index contributed by atoms with van der Waals surface area (Å²) >= 11 is 5.93. The van der Waals surface area contributed by atoms with E-state index in [1.807, 2.05) is 30.1 Å². The topological polar surface area (TPSA) is 57.2 Å². The molecule has 0 aliphatic rings. The summed E-state index contributed by atoms with van der Waals surface area (Å²) in [5.74, 6) is 1.40. The van der Waals surface area contributed by atoms with E-state index in [-0.39, 0.29) is 12.5 Å². The molecule has 0 radical (unpaired) electrons. The number of hydrogen-bond donors (Lipinski definition) is 1. The van der Waals surface area contributed by atoms with E-state index in [0.29, 0.717) is 24.1 Å². The van der Waals surface area contributed by atoms with E-state index < -0.39 is 0 Å². The van der Waals surface area contributed by atoms with E-state index in [1.165, 1.54) is 4.90 Å². The van der Waals surface area contributed by atoms with Crippen LogP contribution in [0.15, 0.2) is 29.3 Å². The molecule has 0 aromatic heterocycles. The molecule has 0 unspecified atom stereocenters. The van der Waals surface area contributed by atoms with Gasteiger partial charge in [0.2, 0.25) is 5.91 Å². The van der Waals surface area contributed by atoms with Gasteiger partial charge in [-0.1, -0.05) is 24.6 Å². The zero-order valence-electron chi connectivity index (χ0n) is 14.9. The number of amides is 1. The van der Waals surface area contributed by atoms with E-state index >= 15 is 0 Å². The Morgan fingerprint density at radius 2 is 2.08 bits per heavy atom.